The van der Waals surface area contributed by atoms with Crippen LogP contribution in [0.2, 0.25) is 0 Å². The van der Waals surface area contributed by atoms with Gasteiger partial charge in [0.25, 0.3) is 0 Å². The van der Waals surface area contributed by atoms with Gasteiger partial charge in [0.15, 0.2) is 0 Å². The molecule has 0 heterocycles. The van der Waals surface area contributed by atoms with Crippen molar-refractivity contribution in [2.75, 3.05) is 0 Å². The maximum absolute atomic E-state index is 13.0. The van der Waals surface area contributed by atoms with Gasteiger partial charge in [-0.15, -0.1) is 0 Å². The SMILES string of the molecule is CC(=O)OC1CC2C3(C)CCC(=O)C(C)(C)C3CCC2(C)C2(C)CCC(C(C)(O)CCC=C(C)C)C12.CC(=O)OC1CC2C3(C)CC[C@H](O)C(C)(C)C3CCC2(C)C2(C)CCC(C(C)(O)CCC=C(C)C)C12.CC(=O)O[C@@H]1CC2[C@@]3(C)CC[C@@H](O)C(C)(C)C3CC[C@@]2(C)[C@]2(C)CCC(C(C)(O)CCC=C(C)C)C12.CC(C)=CCCC(C)(O)C1CC[C@]2(C)C1[C@H](O)CC1[C@@]3(C)CCC(=O)C(C)(C)C3CC[C@]12C. The summed E-state index contributed by atoms with van der Waals surface area (Å²) >= 11 is 0. The van der Waals surface area contributed by atoms with Crippen LogP contribution in [0.25, 0.3) is 0 Å². The quantitative estimate of drug-likeness (QED) is 0.0361. The molecule has 0 spiro atoms. The van der Waals surface area contributed by atoms with Crippen molar-refractivity contribution in [3.05, 3.63) is 46.6 Å². The molecule has 38 atom stereocenters. The number of ether oxygens (including phenoxy) is 3. The number of allylic oxidation sites excluding steroid dienone is 8. The molecule has 15 nitrogen and oxygen atoms in total. The zero-order valence-electron chi connectivity index (χ0n) is 96.4. The van der Waals surface area contributed by atoms with Gasteiger partial charge in [-0.1, -0.05) is 185 Å². The summed E-state index contributed by atoms with van der Waals surface area (Å²) in [6.07, 6.45) is 41.9. The molecule has 16 aliphatic carbocycles. The number of Topliss-reactive ketones (excluding diaryl/α,β-unsaturated/α-hetero) is 2. The highest BCUT2D eigenvalue weighted by atomic mass is 16.6. The van der Waals surface area contributed by atoms with E-state index in [4.69, 9.17) is 14.2 Å². The van der Waals surface area contributed by atoms with Crippen molar-refractivity contribution in [2.24, 2.45) is 181 Å². The van der Waals surface area contributed by atoms with Gasteiger partial charge in [0.05, 0.1) is 40.7 Å². The fourth-order valence-electron chi connectivity index (χ4n) is 41.7. The van der Waals surface area contributed by atoms with Crippen molar-refractivity contribution < 1.29 is 73.9 Å². The largest absolute Gasteiger partial charge is 0.462 e. The van der Waals surface area contributed by atoms with Crippen molar-refractivity contribution in [1.29, 1.82) is 0 Å². The number of rotatable bonds is 19. The third-order valence-corrected chi connectivity index (χ3v) is 49.9. The Hall–Kier alpha value is -3.57. The first-order chi connectivity index (χ1) is 64.6. The number of aliphatic hydroxyl groups excluding tert-OH is 3. The Labute approximate surface area is 858 Å². The van der Waals surface area contributed by atoms with Crippen molar-refractivity contribution in [2.45, 2.75) is 533 Å². The van der Waals surface area contributed by atoms with E-state index >= 15 is 0 Å². The number of aliphatic hydroxyl groups is 7. The molecule has 0 saturated heterocycles. The van der Waals surface area contributed by atoms with Crippen LogP contribution >= 0.6 is 0 Å². The second-order valence-electron chi connectivity index (χ2n) is 59.3. The van der Waals surface area contributed by atoms with Gasteiger partial charge in [0.2, 0.25) is 0 Å². The fraction of sp³-hybridized carbons (Fsp3) is 0.897. The van der Waals surface area contributed by atoms with E-state index in [1.54, 1.807) is 13.8 Å². The molecule has 0 bridgehead atoms. The van der Waals surface area contributed by atoms with E-state index < -0.39 is 22.4 Å². The van der Waals surface area contributed by atoms with Gasteiger partial charge in [-0.25, -0.2) is 0 Å². The second kappa shape index (κ2) is 39.3. The number of carbonyl (C=O) groups is 5. The molecule has 804 valence electrons. The second-order valence-corrected chi connectivity index (χ2v) is 59.3. The van der Waals surface area contributed by atoms with Crippen LogP contribution in [0.5, 0.6) is 0 Å². The Balaban J connectivity index is 0.000000158. The summed E-state index contributed by atoms with van der Waals surface area (Å²) in [5.41, 5.74) is 2.21. The third kappa shape index (κ3) is 19.0. The molecule has 0 radical (unpaired) electrons. The van der Waals surface area contributed by atoms with Gasteiger partial charge in [-0.05, 0) is 454 Å². The highest BCUT2D eigenvalue weighted by molar-refractivity contribution is 5.86. The highest BCUT2D eigenvalue weighted by Crippen LogP contribution is 2.82. The highest BCUT2D eigenvalue weighted by Gasteiger charge is 2.78. The normalized spacial score (nSPS) is 46.9. The van der Waals surface area contributed by atoms with Gasteiger partial charge in [-0.2, -0.15) is 0 Å². The summed E-state index contributed by atoms with van der Waals surface area (Å²) in [7, 11) is 0. The summed E-state index contributed by atoms with van der Waals surface area (Å²) in [5.74, 6) is 4.84. The van der Waals surface area contributed by atoms with Crippen LogP contribution in [0.3, 0.4) is 0 Å². The summed E-state index contributed by atoms with van der Waals surface area (Å²) in [6.45, 7) is 77.3. The van der Waals surface area contributed by atoms with Crippen molar-refractivity contribution in [3.8, 4) is 0 Å². The number of hydrogen-bond donors (Lipinski definition) is 7. The fourth-order valence-corrected chi connectivity index (χ4v) is 41.7. The Morgan fingerprint density at radius 2 is 0.511 bits per heavy atom. The zero-order valence-corrected chi connectivity index (χ0v) is 96.4. The molecule has 16 saturated carbocycles. The van der Waals surface area contributed by atoms with Crippen molar-refractivity contribution >= 4 is 29.5 Å². The van der Waals surface area contributed by atoms with Crippen LogP contribution in [0.15, 0.2) is 46.6 Å². The Morgan fingerprint density at radius 3 is 0.759 bits per heavy atom. The van der Waals surface area contributed by atoms with Crippen LogP contribution in [0.4, 0.5) is 0 Å². The van der Waals surface area contributed by atoms with E-state index in [1.807, 2.05) is 27.7 Å². The smallest absolute Gasteiger partial charge is 0.302 e. The van der Waals surface area contributed by atoms with Gasteiger partial charge in [0, 0.05) is 62.2 Å². The number of hydrogen-bond acceptors (Lipinski definition) is 15. The van der Waals surface area contributed by atoms with Crippen LogP contribution in [0.1, 0.15) is 473 Å². The van der Waals surface area contributed by atoms with Crippen LogP contribution in [-0.2, 0) is 38.2 Å². The molecule has 0 aromatic carbocycles. The van der Waals surface area contributed by atoms with E-state index in [-0.39, 0.29) is 189 Å². The standard InChI is InChI=1S/2C32H54O4.C32H52O4.C30H50O3/c3*1-20(2)11-10-15-32(9,35)22-12-17-31(8)27(22)23(36-21(3)33)19-25-29(6)16-14-26(34)28(4,5)24(29)13-18-30(25,31)7;1-19(2)10-9-14-30(8,33)20-11-16-29(7)25(20)21(31)18-23-27(5)15-13-24(32)26(3,4)22(27)12-17-28(23,29)6/h2*11,22-27,34-35H,10,12-19H2,1-9H3;11,22-25,27,35H,10,12-19H2,1-9H3;10,20-23,25,31,33H,9,11-18H2,1-8H3/t22?,23?,24?,25?,26-,27?,29?,30?,31?,32?;22?,23-,24?,25?,26-,27?,29+,30-,31-,32?;;20?,21-,22?,23?,25?,27+,28-,29-,30?/m01.1/s1. The average molecular weight is 1970 g/mol. The first-order valence-corrected chi connectivity index (χ1v) is 57.7. The van der Waals surface area contributed by atoms with E-state index in [1.165, 1.54) is 29.2 Å². The molecular weight excluding hydrogens is 1750 g/mol. The van der Waals surface area contributed by atoms with Gasteiger partial charge >= 0.3 is 17.9 Å². The Kier molecular flexibility index (Phi) is 31.9. The first-order valence-electron chi connectivity index (χ1n) is 57.7. The maximum atomic E-state index is 13.0. The molecule has 0 amide bonds. The molecule has 16 rings (SSSR count). The minimum absolute atomic E-state index is 0.00931. The van der Waals surface area contributed by atoms with Gasteiger partial charge < -0.3 is 50.0 Å². The lowest BCUT2D eigenvalue weighted by Crippen LogP contribution is -2.67. The summed E-state index contributed by atoms with van der Waals surface area (Å²) < 4.78 is 18.6. The summed E-state index contributed by atoms with van der Waals surface area (Å²) in [4.78, 5) is 63.1. The molecule has 16 aliphatic rings. The topological polar surface area (TPSA) is 255 Å². The molecule has 0 aromatic rings. The molecule has 28 unspecified atom stereocenters. The number of esters is 3. The zero-order chi connectivity index (χ0) is 105. The monoisotopic (exact) mass is 1960 g/mol. The predicted octanol–water partition coefficient (Wildman–Crippen LogP) is 28.1. The van der Waals surface area contributed by atoms with E-state index in [0.29, 0.717) is 71.8 Å². The maximum Gasteiger partial charge on any atom is 0.302 e. The van der Waals surface area contributed by atoms with Crippen LogP contribution in [0, 0.1) is 181 Å². The third-order valence-electron chi connectivity index (χ3n) is 49.9. The molecule has 141 heavy (non-hydrogen) atoms. The number of carbonyl (C=O) groups excluding carboxylic acids is 5. The number of fused-ring (bicyclic) bond motifs is 20. The molecule has 16 fully saturated rings. The molecule has 15 heteroatoms. The summed E-state index contributed by atoms with van der Waals surface area (Å²) in [5, 5.41) is 80.8. The van der Waals surface area contributed by atoms with E-state index in [0.717, 1.165) is 218 Å². The minimum atomic E-state index is -0.795. The van der Waals surface area contributed by atoms with Crippen LogP contribution < -0.4 is 0 Å². The Morgan fingerprint density at radius 1 is 0.291 bits per heavy atom. The summed E-state index contributed by atoms with van der Waals surface area (Å²) in [6, 6.07) is 0. The lowest BCUT2D eigenvalue weighted by atomic mass is 9.35. The lowest BCUT2D eigenvalue weighted by Gasteiger charge is -2.70. The molecular formula is C126H210O15. The lowest BCUT2D eigenvalue weighted by molar-refractivity contribution is -0.250. The van der Waals surface area contributed by atoms with E-state index in [9.17, 15) is 59.7 Å². The predicted molar refractivity (Wildman–Crippen MR) is 569 cm³/mol. The van der Waals surface area contributed by atoms with Gasteiger partial charge in [-0.3, -0.25) is 24.0 Å². The van der Waals surface area contributed by atoms with Crippen molar-refractivity contribution in [1.82, 2.24) is 0 Å². The number of ketones is 2. The van der Waals surface area contributed by atoms with Crippen LogP contribution in [-0.4, -0.2) is 124 Å². The average Bonchev–Trinajstić information content (AvgIpc) is 1.64. The first kappa shape index (κ1) is 115. The molecule has 0 aromatic heterocycles. The van der Waals surface area contributed by atoms with Crippen molar-refractivity contribution in [3.63, 3.8) is 0 Å². The molecule has 7 N–H and O–H groups in total. The Bertz CT molecular complexity index is 4520. The minimum Gasteiger partial charge on any atom is -0.462 e. The van der Waals surface area contributed by atoms with E-state index in [2.05, 4.69) is 218 Å². The van der Waals surface area contributed by atoms with Gasteiger partial charge in [0.1, 0.15) is 29.9 Å². The molecule has 0 aliphatic heterocycles.